The van der Waals surface area contributed by atoms with Gasteiger partial charge in [-0.25, -0.2) is 0 Å². The second-order valence-corrected chi connectivity index (χ2v) is 5.07. The van der Waals surface area contributed by atoms with Crippen LogP contribution in [0.2, 0.25) is 0 Å². The summed E-state index contributed by atoms with van der Waals surface area (Å²) in [6.07, 6.45) is 1.36. The third kappa shape index (κ3) is 3.56. The number of hydrogen-bond donors (Lipinski definition) is 1. The summed E-state index contributed by atoms with van der Waals surface area (Å²) >= 11 is 0. The maximum Gasteiger partial charge on any atom is 0.220 e. The van der Waals surface area contributed by atoms with Gasteiger partial charge in [0, 0.05) is 18.4 Å². The van der Waals surface area contributed by atoms with Gasteiger partial charge in [-0.3, -0.25) is 4.79 Å². The number of rotatable bonds is 5. The molecule has 1 aromatic rings. The molecule has 2 rings (SSSR count). The maximum absolute atomic E-state index is 11.7. The van der Waals surface area contributed by atoms with E-state index in [1.165, 1.54) is 5.56 Å². The van der Waals surface area contributed by atoms with E-state index in [9.17, 15) is 4.79 Å². The summed E-state index contributed by atoms with van der Waals surface area (Å²) in [6, 6.07) is 10.1. The zero-order valence-electron chi connectivity index (χ0n) is 10.2. The first-order chi connectivity index (χ1) is 8.18. The molecule has 17 heavy (non-hydrogen) atoms. The van der Waals surface area contributed by atoms with E-state index in [0.717, 1.165) is 26.2 Å². The second kappa shape index (κ2) is 5.32. The van der Waals surface area contributed by atoms with Crippen molar-refractivity contribution in [1.82, 2.24) is 5.32 Å². The molecule has 3 nitrogen and oxygen atoms in total. The molecule has 0 atom stereocenters. The Morgan fingerprint density at radius 3 is 2.65 bits per heavy atom. The number of carbonyl (C=O) groups is 1. The van der Waals surface area contributed by atoms with Crippen molar-refractivity contribution < 1.29 is 9.53 Å². The molecule has 0 aromatic heterocycles. The van der Waals surface area contributed by atoms with Crippen LogP contribution in [-0.4, -0.2) is 25.7 Å². The smallest absolute Gasteiger partial charge is 0.220 e. The third-order valence-electron chi connectivity index (χ3n) is 3.10. The minimum absolute atomic E-state index is 0.127. The molecule has 0 spiro atoms. The van der Waals surface area contributed by atoms with Gasteiger partial charge in [-0.15, -0.1) is 0 Å². The molecule has 92 valence electrons. The number of amides is 1. The van der Waals surface area contributed by atoms with Gasteiger partial charge < -0.3 is 10.1 Å². The summed E-state index contributed by atoms with van der Waals surface area (Å²) in [4.78, 5) is 11.7. The van der Waals surface area contributed by atoms with Gasteiger partial charge in [0.25, 0.3) is 0 Å². The summed E-state index contributed by atoms with van der Waals surface area (Å²) in [6.45, 7) is 4.37. The van der Waals surface area contributed by atoms with Crippen molar-refractivity contribution in [2.45, 2.75) is 19.8 Å². The molecule has 0 unspecified atom stereocenters. The highest BCUT2D eigenvalue weighted by Crippen LogP contribution is 2.25. The van der Waals surface area contributed by atoms with E-state index in [1.54, 1.807) is 0 Å². The number of nitrogens with one attached hydrogen (secondary N) is 1. The molecule has 1 fully saturated rings. The number of carbonyl (C=O) groups excluding carboxylic acids is 1. The zero-order chi connectivity index (χ0) is 12.1. The van der Waals surface area contributed by atoms with Crippen LogP contribution in [0.15, 0.2) is 30.3 Å². The molecule has 1 aliphatic rings. The van der Waals surface area contributed by atoms with Gasteiger partial charge in [0.15, 0.2) is 0 Å². The molecule has 0 bridgehead atoms. The first-order valence-electron chi connectivity index (χ1n) is 6.06. The third-order valence-corrected chi connectivity index (χ3v) is 3.10. The summed E-state index contributed by atoms with van der Waals surface area (Å²) in [5, 5.41) is 2.98. The van der Waals surface area contributed by atoms with Crippen LogP contribution in [-0.2, 0) is 16.0 Å². The molecule has 1 aromatic carbocycles. The molecule has 0 radical (unpaired) electrons. The molecule has 1 heterocycles. The van der Waals surface area contributed by atoms with Crippen molar-refractivity contribution in [3.63, 3.8) is 0 Å². The lowest BCUT2D eigenvalue weighted by Gasteiger charge is -2.38. The average Bonchev–Trinajstić information content (AvgIpc) is 2.33. The lowest BCUT2D eigenvalue weighted by atomic mass is 9.89. The molecular formula is C14H19NO2. The fourth-order valence-corrected chi connectivity index (χ4v) is 1.86. The van der Waals surface area contributed by atoms with Gasteiger partial charge >= 0.3 is 0 Å². The van der Waals surface area contributed by atoms with Crippen LogP contribution >= 0.6 is 0 Å². The fraction of sp³-hybridized carbons (Fsp3) is 0.500. The molecule has 1 N–H and O–H groups in total. The Morgan fingerprint density at radius 1 is 1.35 bits per heavy atom. The Bertz CT molecular complexity index is 371. The van der Waals surface area contributed by atoms with Gasteiger partial charge in [-0.2, -0.15) is 0 Å². The number of hydrogen-bond acceptors (Lipinski definition) is 2. The summed E-state index contributed by atoms with van der Waals surface area (Å²) < 4.78 is 5.15. The predicted molar refractivity (Wildman–Crippen MR) is 66.7 cm³/mol. The Morgan fingerprint density at radius 2 is 2.06 bits per heavy atom. The number of aryl methyl sites for hydroxylation is 1. The fourth-order valence-electron chi connectivity index (χ4n) is 1.86. The highest BCUT2D eigenvalue weighted by molar-refractivity contribution is 5.76. The average molecular weight is 233 g/mol. The Labute approximate surface area is 102 Å². The minimum Gasteiger partial charge on any atom is -0.380 e. The first-order valence-corrected chi connectivity index (χ1v) is 6.06. The van der Waals surface area contributed by atoms with E-state index in [4.69, 9.17) is 4.74 Å². The van der Waals surface area contributed by atoms with E-state index >= 15 is 0 Å². The van der Waals surface area contributed by atoms with Crippen LogP contribution in [0.1, 0.15) is 18.9 Å². The Kier molecular flexibility index (Phi) is 3.79. The van der Waals surface area contributed by atoms with E-state index in [2.05, 4.69) is 12.2 Å². The molecule has 3 heteroatoms. The zero-order valence-corrected chi connectivity index (χ0v) is 10.2. The van der Waals surface area contributed by atoms with E-state index < -0.39 is 0 Å². The summed E-state index contributed by atoms with van der Waals surface area (Å²) in [5.74, 6) is 0.127. The van der Waals surface area contributed by atoms with Gasteiger partial charge in [-0.1, -0.05) is 37.3 Å². The largest absolute Gasteiger partial charge is 0.380 e. The predicted octanol–water partition coefficient (Wildman–Crippen LogP) is 1.77. The van der Waals surface area contributed by atoms with Gasteiger partial charge in [-0.05, 0) is 12.0 Å². The topological polar surface area (TPSA) is 38.3 Å². The minimum atomic E-state index is 0.127. The molecule has 1 saturated heterocycles. The van der Waals surface area contributed by atoms with Crippen LogP contribution in [0, 0.1) is 5.41 Å². The van der Waals surface area contributed by atoms with Crippen LogP contribution in [0.25, 0.3) is 0 Å². The van der Waals surface area contributed by atoms with E-state index in [-0.39, 0.29) is 11.3 Å². The normalized spacial score (nSPS) is 17.2. The highest BCUT2D eigenvalue weighted by Gasteiger charge is 2.33. The van der Waals surface area contributed by atoms with Gasteiger partial charge in [0.1, 0.15) is 0 Å². The second-order valence-electron chi connectivity index (χ2n) is 5.07. The van der Waals surface area contributed by atoms with Gasteiger partial charge in [0.2, 0.25) is 5.91 Å². The van der Waals surface area contributed by atoms with E-state index in [0.29, 0.717) is 6.42 Å². The van der Waals surface area contributed by atoms with Gasteiger partial charge in [0.05, 0.1) is 13.2 Å². The molecule has 0 saturated carbocycles. The van der Waals surface area contributed by atoms with Crippen molar-refractivity contribution in [3.8, 4) is 0 Å². The standard InChI is InChI=1S/C14H19NO2/c1-14(10-17-11-14)9-15-13(16)8-7-12-5-3-2-4-6-12/h2-6H,7-11H2,1H3,(H,15,16). The van der Waals surface area contributed by atoms with Crippen LogP contribution < -0.4 is 5.32 Å². The SMILES string of the molecule is CC1(CNC(=O)CCc2ccccc2)COC1. The lowest BCUT2D eigenvalue weighted by Crippen LogP contribution is -2.48. The Balaban J connectivity index is 1.67. The monoisotopic (exact) mass is 233 g/mol. The van der Waals surface area contributed by atoms with E-state index in [1.807, 2.05) is 30.3 Å². The van der Waals surface area contributed by atoms with Crippen LogP contribution in [0.4, 0.5) is 0 Å². The molecular weight excluding hydrogens is 214 g/mol. The highest BCUT2D eigenvalue weighted by atomic mass is 16.5. The van der Waals surface area contributed by atoms with Crippen LogP contribution in [0.5, 0.6) is 0 Å². The lowest BCUT2D eigenvalue weighted by molar-refractivity contribution is -0.126. The van der Waals surface area contributed by atoms with Crippen molar-refractivity contribution in [1.29, 1.82) is 0 Å². The summed E-state index contributed by atoms with van der Waals surface area (Å²) in [7, 11) is 0. The number of ether oxygens (including phenoxy) is 1. The maximum atomic E-state index is 11.7. The van der Waals surface area contributed by atoms with Crippen molar-refractivity contribution >= 4 is 5.91 Å². The summed E-state index contributed by atoms with van der Waals surface area (Å²) in [5.41, 5.74) is 1.36. The number of benzene rings is 1. The first kappa shape index (κ1) is 12.1. The Hall–Kier alpha value is -1.35. The molecule has 1 amide bonds. The molecule has 1 aliphatic heterocycles. The van der Waals surface area contributed by atoms with Crippen molar-refractivity contribution in [3.05, 3.63) is 35.9 Å². The van der Waals surface area contributed by atoms with Crippen molar-refractivity contribution in [2.75, 3.05) is 19.8 Å². The quantitative estimate of drug-likeness (QED) is 0.841. The molecule has 0 aliphatic carbocycles. The van der Waals surface area contributed by atoms with Crippen molar-refractivity contribution in [2.24, 2.45) is 5.41 Å². The van der Waals surface area contributed by atoms with Crippen LogP contribution in [0.3, 0.4) is 0 Å².